The van der Waals surface area contributed by atoms with Gasteiger partial charge in [-0.25, -0.2) is 0 Å². The van der Waals surface area contributed by atoms with Gasteiger partial charge in [-0.1, -0.05) is 37.1 Å². The van der Waals surface area contributed by atoms with Crippen LogP contribution in [0.1, 0.15) is 65.5 Å². The number of rotatable bonds is 9. The molecule has 196 valence electrons. The number of ether oxygens (including phenoxy) is 2. The van der Waals surface area contributed by atoms with Crippen molar-refractivity contribution in [1.29, 1.82) is 0 Å². The van der Waals surface area contributed by atoms with Gasteiger partial charge in [0.2, 0.25) is 5.76 Å². The fourth-order valence-electron chi connectivity index (χ4n) is 4.75. The molecule has 0 saturated carbocycles. The molecule has 2 aromatic carbocycles. The zero-order valence-electron chi connectivity index (χ0n) is 21.6. The normalized spacial score (nSPS) is 14.7. The van der Waals surface area contributed by atoms with Crippen molar-refractivity contribution in [2.45, 2.75) is 46.2 Å². The van der Waals surface area contributed by atoms with Crippen molar-refractivity contribution in [2.24, 2.45) is 0 Å². The first-order chi connectivity index (χ1) is 18.4. The number of hydrogen-bond acceptors (Lipinski definition) is 6. The number of unbranched alkanes of at least 4 members (excludes halogenated alkanes) is 1. The number of halogens is 1. The number of amides is 1. The van der Waals surface area contributed by atoms with Gasteiger partial charge >= 0.3 is 0 Å². The third-order valence-corrected chi connectivity index (χ3v) is 7.07. The number of hydrogen-bond donors (Lipinski definition) is 0. The third kappa shape index (κ3) is 4.74. The predicted octanol–water partition coefficient (Wildman–Crippen LogP) is 6.47. The number of carbonyl (C=O) groups excluding carboxylic acids is 1. The second-order valence-electron chi connectivity index (χ2n) is 9.31. The van der Waals surface area contributed by atoms with E-state index in [4.69, 9.17) is 25.5 Å². The summed E-state index contributed by atoms with van der Waals surface area (Å²) >= 11 is 6.36. The van der Waals surface area contributed by atoms with E-state index in [9.17, 15) is 9.59 Å². The monoisotopic (exact) mass is 532 g/mol. The van der Waals surface area contributed by atoms with Crippen molar-refractivity contribution >= 4 is 28.5 Å². The number of pyridine rings is 1. The van der Waals surface area contributed by atoms with Gasteiger partial charge in [-0.2, -0.15) is 0 Å². The van der Waals surface area contributed by atoms with Gasteiger partial charge in [0, 0.05) is 24.0 Å². The summed E-state index contributed by atoms with van der Waals surface area (Å²) in [5.74, 6) is 0.869. The van der Waals surface area contributed by atoms with Crippen LogP contribution >= 0.6 is 11.6 Å². The Morgan fingerprint density at radius 2 is 1.92 bits per heavy atom. The molecule has 1 aliphatic heterocycles. The summed E-state index contributed by atoms with van der Waals surface area (Å²) in [6.45, 7) is 7.09. The molecule has 0 spiro atoms. The number of nitrogens with zero attached hydrogens (tertiary/aromatic N) is 2. The molecule has 38 heavy (non-hydrogen) atoms. The van der Waals surface area contributed by atoms with E-state index < -0.39 is 6.04 Å². The predicted molar refractivity (Wildman–Crippen MR) is 146 cm³/mol. The summed E-state index contributed by atoms with van der Waals surface area (Å²) in [5.41, 5.74) is 2.65. The highest BCUT2D eigenvalue weighted by Gasteiger charge is 2.43. The SMILES string of the molecule is CCCCOc1ccc(C2c3c(oc4cc(C)c(Cl)cc4c3=O)C(=O)N2Cc2cccnc2)cc1OCC. The molecule has 1 unspecified atom stereocenters. The summed E-state index contributed by atoms with van der Waals surface area (Å²) in [6, 6.07) is 11.9. The Labute approximate surface area is 226 Å². The average Bonchev–Trinajstić information content (AvgIpc) is 3.18. The van der Waals surface area contributed by atoms with Crippen molar-refractivity contribution in [3.8, 4) is 11.5 Å². The van der Waals surface area contributed by atoms with Gasteiger partial charge in [0.05, 0.1) is 30.2 Å². The molecule has 4 aromatic rings. The zero-order chi connectivity index (χ0) is 26.8. The van der Waals surface area contributed by atoms with Crippen LogP contribution in [0.2, 0.25) is 5.02 Å². The van der Waals surface area contributed by atoms with Crippen molar-refractivity contribution in [2.75, 3.05) is 13.2 Å². The van der Waals surface area contributed by atoms with E-state index in [1.165, 1.54) is 0 Å². The quantitative estimate of drug-likeness (QED) is 0.230. The molecule has 0 aliphatic carbocycles. The lowest BCUT2D eigenvalue weighted by Crippen LogP contribution is -2.29. The molecule has 0 radical (unpaired) electrons. The van der Waals surface area contributed by atoms with Crippen molar-refractivity contribution in [3.63, 3.8) is 0 Å². The molecular formula is C30H29ClN2O5. The fraction of sp³-hybridized carbons (Fsp3) is 0.300. The Hall–Kier alpha value is -3.84. The van der Waals surface area contributed by atoms with Crippen LogP contribution in [-0.2, 0) is 6.54 Å². The standard InChI is InChI=1S/C30H29ClN2O5/c1-4-6-12-37-23-10-9-20(14-25(23)36-5-2)27-26-28(34)21-15-22(31)18(3)13-24(21)38-29(26)30(35)33(27)17-19-8-7-11-32-16-19/h7-11,13-16,27H,4-6,12,17H2,1-3H3. The Morgan fingerprint density at radius 3 is 2.66 bits per heavy atom. The second kappa shape index (κ2) is 10.9. The number of benzene rings is 2. The molecule has 0 fully saturated rings. The van der Waals surface area contributed by atoms with Crippen LogP contribution in [0.4, 0.5) is 0 Å². The number of aryl methyl sites for hydroxylation is 1. The molecule has 0 bridgehead atoms. The van der Waals surface area contributed by atoms with Gasteiger partial charge in [-0.3, -0.25) is 14.6 Å². The summed E-state index contributed by atoms with van der Waals surface area (Å²) in [4.78, 5) is 33.5. The van der Waals surface area contributed by atoms with Crippen LogP contribution in [0.3, 0.4) is 0 Å². The minimum absolute atomic E-state index is 0.0411. The van der Waals surface area contributed by atoms with Gasteiger partial charge in [-0.05, 0) is 67.3 Å². The van der Waals surface area contributed by atoms with Crippen LogP contribution < -0.4 is 14.9 Å². The van der Waals surface area contributed by atoms with E-state index in [1.807, 2.05) is 44.2 Å². The first kappa shape index (κ1) is 25.8. The van der Waals surface area contributed by atoms with E-state index in [-0.39, 0.29) is 29.2 Å². The third-order valence-electron chi connectivity index (χ3n) is 6.66. The molecule has 5 rings (SSSR count). The Morgan fingerprint density at radius 1 is 1.08 bits per heavy atom. The summed E-state index contributed by atoms with van der Waals surface area (Å²) in [6.07, 6.45) is 5.32. The van der Waals surface area contributed by atoms with Crippen LogP contribution in [0.25, 0.3) is 11.0 Å². The van der Waals surface area contributed by atoms with E-state index in [0.29, 0.717) is 40.7 Å². The van der Waals surface area contributed by atoms with Crippen molar-refractivity contribution in [3.05, 3.63) is 98.1 Å². The molecule has 8 heteroatoms. The highest BCUT2D eigenvalue weighted by atomic mass is 35.5. The first-order valence-corrected chi connectivity index (χ1v) is 13.2. The fourth-order valence-corrected chi connectivity index (χ4v) is 4.91. The minimum atomic E-state index is -0.692. The largest absolute Gasteiger partial charge is 0.490 e. The maximum atomic E-state index is 13.9. The highest BCUT2D eigenvalue weighted by Crippen LogP contribution is 2.42. The molecule has 1 amide bonds. The van der Waals surface area contributed by atoms with Crippen LogP contribution in [-0.4, -0.2) is 29.0 Å². The lowest BCUT2D eigenvalue weighted by atomic mass is 9.97. The zero-order valence-corrected chi connectivity index (χ0v) is 22.4. The molecular weight excluding hydrogens is 504 g/mol. The lowest BCUT2D eigenvalue weighted by Gasteiger charge is -2.26. The van der Waals surface area contributed by atoms with Crippen molar-refractivity contribution in [1.82, 2.24) is 9.88 Å². The number of aromatic nitrogens is 1. The number of carbonyl (C=O) groups is 1. The highest BCUT2D eigenvalue weighted by molar-refractivity contribution is 6.32. The first-order valence-electron chi connectivity index (χ1n) is 12.8. The lowest BCUT2D eigenvalue weighted by molar-refractivity contribution is 0.0714. The molecule has 0 saturated heterocycles. The van der Waals surface area contributed by atoms with Crippen molar-refractivity contribution < 1.29 is 18.7 Å². The van der Waals surface area contributed by atoms with Crippen LogP contribution in [0.5, 0.6) is 11.5 Å². The van der Waals surface area contributed by atoms with E-state index >= 15 is 0 Å². The smallest absolute Gasteiger partial charge is 0.291 e. The Bertz CT molecular complexity index is 1550. The van der Waals surface area contributed by atoms with Crippen LogP contribution in [0.15, 0.2) is 64.1 Å². The maximum Gasteiger partial charge on any atom is 0.291 e. The maximum absolute atomic E-state index is 13.9. The molecule has 7 nitrogen and oxygen atoms in total. The Balaban J connectivity index is 1.68. The van der Waals surface area contributed by atoms with Crippen LogP contribution in [0, 0.1) is 6.92 Å². The molecule has 0 N–H and O–H groups in total. The number of fused-ring (bicyclic) bond motifs is 2. The van der Waals surface area contributed by atoms with E-state index in [2.05, 4.69) is 11.9 Å². The van der Waals surface area contributed by atoms with Gasteiger partial charge in [-0.15, -0.1) is 0 Å². The van der Waals surface area contributed by atoms with Gasteiger partial charge in [0.1, 0.15) is 5.58 Å². The van der Waals surface area contributed by atoms with Gasteiger partial charge in [0.15, 0.2) is 16.9 Å². The molecule has 2 aromatic heterocycles. The second-order valence-corrected chi connectivity index (χ2v) is 9.72. The molecule has 3 heterocycles. The van der Waals surface area contributed by atoms with Gasteiger partial charge < -0.3 is 18.8 Å². The summed E-state index contributed by atoms with van der Waals surface area (Å²) in [7, 11) is 0. The molecule has 1 atom stereocenters. The molecule has 1 aliphatic rings. The summed E-state index contributed by atoms with van der Waals surface area (Å²) in [5, 5.41) is 0.801. The van der Waals surface area contributed by atoms with Gasteiger partial charge in [0.25, 0.3) is 5.91 Å². The Kier molecular flexibility index (Phi) is 7.38. The van der Waals surface area contributed by atoms with E-state index in [0.717, 1.165) is 29.5 Å². The van der Waals surface area contributed by atoms with E-state index in [1.54, 1.807) is 29.4 Å². The summed E-state index contributed by atoms with van der Waals surface area (Å²) < 4.78 is 18.0. The average molecular weight is 533 g/mol. The minimum Gasteiger partial charge on any atom is -0.490 e. The topological polar surface area (TPSA) is 81.9 Å².